The number of esters is 1. The number of carboxylic acid groups (broad SMARTS) is 1. The van der Waals surface area contributed by atoms with Crippen LogP contribution in [0.15, 0.2) is 48.5 Å². The number of carbonyl (C=O) groups excluding carboxylic acids is 1. The van der Waals surface area contributed by atoms with E-state index < -0.39 is 5.97 Å². The summed E-state index contributed by atoms with van der Waals surface area (Å²) in [6.45, 7) is 0.674. The van der Waals surface area contributed by atoms with Gasteiger partial charge in [0.05, 0.1) is 17.7 Å². The van der Waals surface area contributed by atoms with Gasteiger partial charge < -0.3 is 14.9 Å². The molecule has 3 rings (SSSR count). The topological polar surface area (TPSA) is 83.8 Å². The maximum atomic E-state index is 12.2. The number of hydrogen-bond donors (Lipinski definition) is 2. The molecule has 0 radical (unpaired) electrons. The fraction of sp³-hybridized carbons (Fsp3) is 0.364. The molecule has 0 atom stereocenters. The summed E-state index contributed by atoms with van der Waals surface area (Å²) in [7, 11) is 0. The standard InChI is InChI=1S/C22H24O5/c23-13-15-1-3-16(4-2-15)14-27-22(26)20-11-7-18(8-12-20)17-5-9-19(10-6-17)21(24)25/h5-12,15-16,23H,1-4,13-14H2,(H,24,25). The molecule has 2 N–H and O–H groups in total. The lowest BCUT2D eigenvalue weighted by atomic mass is 9.83. The third-order valence-corrected chi connectivity index (χ3v) is 5.26. The highest BCUT2D eigenvalue weighted by Crippen LogP contribution is 2.28. The molecular formula is C22H24O5. The van der Waals surface area contributed by atoms with Crippen LogP contribution >= 0.6 is 0 Å². The van der Waals surface area contributed by atoms with Crippen LogP contribution in [0.5, 0.6) is 0 Å². The number of aliphatic hydroxyl groups is 1. The van der Waals surface area contributed by atoms with E-state index in [1.807, 2.05) is 12.1 Å². The number of rotatable bonds is 6. The summed E-state index contributed by atoms with van der Waals surface area (Å²) in [5.74, 6) is -0.505. The minimum Gasteiger partial charge on any atom is -0.478 e. The Bertz CT molecular complexity index is 771. The Balaban J connectivity index is 1.55. The van der Waals surface area contributed by atoms with Crippen molar-refractivity contribution in [2.45, 2.75) is 25.7 Å². The number of ether oxygens (including phenoxy) is 1. The third kappa shape index (κ3) is 4.95. The fourth-order valence-electron chi connectivity index (χ4n) is 3.46. The first-order valence-electron chi connectivity index (χ1n) is 9.28. The molecule has 1 aliphatic rings. The molecule has 2 aromatic carbocycles. The lowest BCUT2D eigenvalue weighted by molar-refractivity contribution is 0.0379. The molecule has 0 saturated heterocycles. The van der Waals surface area contributed by atoms with Crippen molar-refractivity contribution in [3.63, 3.8) is 0 Å². The van der Waals surface area contributed by atoms with Gasteiger partial charge in [0.25, 0.3) is 0 Å². The molecule has 0 aromatic heterocycles. The summed E-state index contributed by atoms with van der Waals surface area (Å²) in [5.41, 5.74) is 2.54. The second-order valence-electron chi connectivity index (χ2n) is 7.13. The van der Waals surface area contributed by atoms with E-state index in [1.165, 1.54) is 0 Å². The molecule has 0 heterocycles. The first-order valence-corrected chi connectivity index (χ1v) is 9.28. The highest BCUT2D eigenvalue weighted by Gasteiger charge is 2.22. The van der Waals surface area contributed by atoms with Gasteiger partial charge in [0.1, 0.15) is 0 Å². The fourth-order valence-corrected chi connectivity index (χ4v) is 3.46. The van der Waals surface area contributed by atoms with E-state index in [2.05, 4.69) is 0 Å². The number of hydrogen-bond acceptors (Lipinski definition) is 4. The second-order valence-corrected chi connectivity index (χ2v) is 7.13. The van der Waals surface area contributed by atoms with Crippen molar-refractivity contribution >= 4 is 11.9 Å². The van der Waals surface area contributed by atoms with Gasteiger partial charge in [0, 0.05) is 6.61 Å². The molecule has 142 valence electrons. The quantitative estimate of drug-likeness (QED) is 0.753. The van der Waals surface area contributed by atoms with Crippen molar-refractivity contribution < 1.29 is 24.5 Å². The zero-order valence-corrected chi connectivity index (χ0v) is 15.1. The van der Waals surface area contributed by atoms with E-state index >= 15 is 0 Å². The number of benzene rings is 2. The summed E-state index contributed by atoms with van der Waals surface area (Å²) in [6.07, 6.45) is 3.97. The van der Waals surface area contributed by atoms with E-state index in [0.717, 1.165) is 36.8 Å². The Morgan fingerprint density at radius 2 is 1.30 bits per heavy atom. The molecule has 5 nitrogen and oxygen atoms in total. The summed E-state index contributed by atoms with van der Waals surface area (Å²) in [5, 5.41) is 18.1. The van der Waals surface area contributed by atoms with Crippen LogP contribution in [0, 0.1) is 11.8 Å². The average Bonchev–Trinajstić information content (AvgIpc) is 2.72. The SMILES string of the molecule is O=C(O)c1ccc(-c2ccc(C(=O)OCC3CCC(CO)CC3)cc2)cc1. The maximum absolute atomic E-state index is 12.2. The molecule has 1 aliphatic carbocycles. The zero-order valence-electron chi connectivity index (χ0n) is 15.1. The van der Waals surface area contributed by atoms with Gasteiger partial charge in [-0.1, -0.05) is 24.3 Å². The van der Waals surface area contributed by atoms with Crippen LogP contribution in [-0.2, 0) is 4.74 Å². The highest BCUT2D eigenvalue weighted by molar-refractivity contribution is 5.90. The predicted octanol–water partition coefficient (Wildman–Crippen LogP) is 4.01. The normalized spacial score (nSPS) is 19.4. The number of aliphatic hydroxyl groups excluding tert-OH is 1. The third-order valence-electron chi connectivity index (χ3n) is 5.26. The second kappa shape index (κ2) is 8.82. The Labute approximate surface area is 158 Å². The van der Waals surface area contributed by atoms with Crippen molar-refractivity contribution in [3.8, 4) is 11.1 Å². The van der Waals surface area contributed by atoms with Crippen LogP contribution in [0.1, 0.15) is 46.4 Å². The smallest absolute Gasteiger partial charge is 0.338 e. The molecule has 0 spiro atoms. The first-order chi connectivity index (χ1) is 13.1. The van der Waals surface area contributed by atoms with Crippen LogP contribution in [-0.4, -0.2) is 35.4 Å². The van der Waals surface area contributed by atoms with Crippen LogP contribution in [0.3, 0.4) is 0 Å². The predicted molar refractivity (Wildman–Crippen MR) is 102 cm³/mol. The van der Waals surface area contributed by atoms with Crippen LogP contribution in [0.25, 0.3) is 11.1 Å². The molecule has 0 aliphatic heterocycles. The van der Waals surface area contributed by atoms with Gasteiger partial charge >= 0.3 is 11.9 Å². The summed E-state index contributed by atoms with van der Waals surface area (Å²) >= 11 is 0. The Kier molecular flexibility index (Phi) is 6.24. The van der Waals surface area contributed by atoms with E-state index in [1.54, 1.807) is 36.4 Å². The number of carboxylic acids is 1. The number of aromatic carboxylic acids is 1. The monoisotopic (exact) mass is 368 g/mol. The van der Waals surface area contributed by atoms with Crippen molar-refractivity contribution in [3.05, 3.63) is 59.7 Å². The average molecular weight is 368 g/mol. The minimum absolute atomic E-state index is 0.243. The molecule has 1 saturated carbocycles. The van der Waals surface area contributed by atoms with E-state index in [0.29, 0.717) is 24.0 Å². The molecule has 27 heavy (non-hydrogen) atoms. The van der Waals surface area contributed by atoms with Gasteiger partial charge in [-0.25, -0.2) is 9.59 Å². The maximum Gasteiger partial charge on any atom is 0.338 e. The van der Waals surface area contributed by atoms with Gasteiger partial charge in [0.2, 0.25) is 0 Å². The first kappa shape index (κ1) is 19.1. The minimum atomic E-state index is -0.954. The van der Waals surface area contributed by atoms with Crippen LogP contribution < -0.4 is 0 Å². The van der Waals surface area contributed by atoms with Crippen LogP contribution in [0.2, 0.25) is 0 Å². The molecular weight excluding hydrogens is 344 g/mol. The summed E-state index contributed by atoms with van der Waals surface area (Å²) in [4.78, 5) is 23.2. The van der Waals surface area contributed by atoms with Gasteiger partial charge in [-0.3, -0.25) is 0 Å². The highest BCUT2D eigenvalue weighted by atomic mass is 16.5. The molecule has 0 unspecified atom stereocenters. The zero-order chi connectivity index (χ0) is 19.2. The lowest BCUT2D eigenvalue weighted by Crippen LogP contribution is -2.22. The molecule has 2 aromatic rings. The Hall–Kier alpha value is -2.66. The Morgan fingerprint density at radius 3 is 1.78 bits per heavy atom. The molecule has 0 bridgehead atoms. The van der Waals surface area contributed by atoms with Crippen LogP contribution in [0.4, 0.5) is 0 Å². The molecule has 1 fully saturated rings. The Morgan fingerprint density at radius 1 is 0.815 bits per heavy atom. The summed E-state index contributed by atoms with van der Waals surface area (Å²) in [6, 6.07) is 13.7. The van der Waals surface area contributed by atoms with Gasteiger partial charge in [0.15, 0.2) is 0 Å². The van der Waals surface area contributed by atoms with Gasteiger partial charge in [-0.15, -0.1) is 0 Å². The van der Waals surface area contributed by atoms with Gasteiger partial charge in [-0.05, 0) is 72.9 Å². The lowest BCUT2D eigenvalue weighted by Gasteiger charge is -2.26. The van der Waals surface area contributed by atoms with E-state index in [4.69, 9.17) is 9.84 Å². The van der Waals surface area contributed by atoms with Crippen molar-refractivity contribution in [1.82, 2.24) is 0 Å². The van der Waals surface area contributed by atoms with E-state index in [-0.39, 0.29) is 18.1 Å². The van der Waals surface area contributed by atoms with E-state index in [9.17, 15) is 14.7 Å². The molecule has 0 amide bonds. The van der Waals surface area contributed by atoms with Crippen molar-refractivity contribution in [2.24, 2.45) is 11.8 Å². The summed E-state index contributed by atoms with van der Waals surface area (Å²) < 4.78 is 5.46. The van der Waals surface area contributed by atoms with Gasteiger partial charge in [-0.2, -0.15) is 0 Å². The number of carbonyl (C=O) groups is 2. The largest absolute Gasteiger partial charge is 0.478 e. The van der Waals surface area contributed by atoms with Crippen molar-refractivity contribution in [2.75, 3.05) is 13.2 Å². The molecule has 5 heteroatoms. The van der Waals surface area contributed by atoms with Crippen molar-refractivity contribution in [1.29, 1.82) is 0 Å².